The van der Waals surface area contributed by atoms with E-state index in [2.05, 4.69) is 32.0 Å². The Morgan fingerprint density at radius 2 is 1.24 bits per heavy atom. The molecular formula is C20H34O. The Hall–Kier alpha value is -0.980. The number of unbranched alkanes of at least 4 members (excludes halogenated alkanes) is 10. The van der Waals surface area contributed by atoms with Gasteiger partial charge in [-0.1, -0.05) is 89.3 Å². The van der Waals surface area contributed by atoms with Crippen LogP contribution in [0.5, 0.6) is 5.75 Å². The van der Waals surface area contributed by atoms with Crippen molar-refractivity contribution in [3.63, 3.8) is 0 Å². The fourth-order valence-electron chi connectivity index (χ4n) is 2.67. The van der Waals surface area contributed by atoms with E-state index in [4.69, 9.17) is 4.74 Å². The number of aryl methyl sites for hydroxylation is 1. The van der Waals surface area contributed by atoms with Gasteiger partial charge in [-0.3, -0.25) is 0 Å². The van der Waals surface area contributed by atoms with Crippen molar-refractivity contribution in [2.24, 2.45) is 0 Å². The minimum absolute atomic E-state index is 0.863. The Bertz CT molecular complexity index is 345. The second kappa shape index (κ2) is 12.7. The van der Waals surface area contributed by atoms with Crippen LogP contribution in [0.25, 0.3) is 0 Å². The van der Waals surface area contributed by atoms with E-state index in [0.717, 1.165) is 12.4 Å². The molecule has 0 aromatic heterocycles. The highest BCUT2D eigenvalue weighted by Crippen LogP contribution is 2.17. The molecule has 0 amide bonds. The molecule has 0 spiro atoms. The van der Waals surface area contributed by atoms with E-state index in [9.17, 15) is 0 Å². The first kappa shape index (κ1) is 18.1. The zero-order chi connectivity index (χ0) is 15.2. The van der Waals surface area contributed by atoms with Crippen molar-refractivity contribution in [3.05, 3.63) is 29.8 Å². The molecular weight excluding hydrogens is 256 g/mol. The minimum Gasteiger partial charge on any atom is -0.493 e. The lowest BCUT2D eigenvalue weighted by Gasteiger charge is -2.08. The predicted octanol–water partition coefficient (Wildman–Crippen LogP) is 6.68. The van der Waals surface area contributed by atoms with E-state index < -0.39 is 0 Å². The Balaban J connectivity index is 1.84. The van der Waals surface area contributed by atoms with Crippen LogP contribution >= 0.6 is 0 Å². The summed E-state index contributed by atoms with van der Waals surface area (Å²) in [5.74, 6) is 1.05. The van der Waals surface area contributed by atoms with Gasteiger partial charge in [-0.2, -0.15) is 0 Å². The van der Waals surface area contributed by atoms with Gasteiger partial charge in [0.1, 0.15) is 5.75 Å². The number of para-hydroxylation sites is 1. The molecule has 0 saturated carbocycles. The van der Waals surface area contributed by atoms with Crippen LogP contribution in [0.2, 0.25) is 0 Å². The lowest BCUT2D eigenvalue weighted by molar-refractivity contribution is 0.302. The molecule has 120 valence electrons. The van der Waals surface area contributed by atoms with Crippen LogP contribution in [-0.2, 0) is 0 Å². The summed E-state index contributed by atoms with van der Waals surface area (Å²) in [7, 11) is 0. The lowest BCUT2D eigenvalue weighted by atomic mass is 10.1. The van der Waals surface area contributed by atoms with Crippen molar-refractivity contribution < 1.29 is 4.74 Å². The summed E-state index contributed by atoms with van der Waals surface area (Å²) in [4.78, 5) is 0. The molecule has 0 N–H and O–H groups in total. The van der Waals surface area contributed by atoms with E-state index in [1.165, 1.54) is 76.2 Å². The average Bonchev–Trinajstić information content (AvgIpc) is 2.50. The monoisotopic (exact) mass is 290 g/mol. The minimum atomic E-state index is 0.863. The molecule has 1 nitrogen and oxygen atoms in total. The number of benzene rings is 1. The normalized spacial score (nSPS) is 10.8. The van der Waals surface area contributed by atoms with Gasteiger partial charge in [0.2, 0.25) is 0 Å². The van der Waals surface area contributed by atoms with Crippen molar-refractivity contribution in [1.82, 2.24) is 0 Å². The van der Waals surface area contributed by atoms with Crippen molar-refractivity contribution in [2.45, 2.75) is 84.5 Å². The van der Waals surface area contributed by atoms with Crippen LogP contribution in [0.3, 0.4) is 0 Å². The quantitative estimate of drug-likeness (QED) is 0.368. The van der Waals surface area contributed by atoms with Crippen LogP contribution in [0.15, 0.2) is 24.3 Å². The Kier molecular flexibility index (Phi) is 11.0. The molecule has 0 aliphatic heterocycles. The largest absolute Gasteiger partial charge is 0.493 e. The summed E-state index contributed by atoms with van der Waals surface area (Å²) in [5, 5.41) is 0. The van der Waals surface area contributed by atoms with Crippen molar-refractivity contribution >= 4 is 0 Å². The molecule has 1 aromatic carbocycles. The predicted molar refractivity (Wildman–Crippen MR) is 93.1 cm³/mol. The highest BCUT2D eigenvalue weighted by Gasteiger charge is 1.97. The molecule has 0 heterocycles. The van der Waals surface area contributed by atoms with Gasteiger partial charge in [0.25, 0.3) is 0 Å². The van der Waals surface area contributed by atoms with E-state index in [-0.39, 0.29) is 0 Å². The van der Waals surface area contributed by atoms with Gasteiger partial charge in [-0.15, -0.1) is 0 Å². The molecule has 0 aliphatic carbocycles. The molecule has 0 atom stereocenters. The lowest BCUT2D eigenvalue weighted by Crippen LogP contribution is -1.98. The third-order valence-corrected chi connectivity index (χ3v) is 4.10. The van der Waals surface area contributed by atoms with E-state index in [0.29, 0.717) is 0 Å². The molecule has 1 heteroatoms. The third kappa shape index (κ3) is 9.55. The maximum absolute atomic E-state index is 5.82. The second-order valence-electron chi connectivity index (χ2n) is 6.15. The maximum Gasteiger partial charge on any atom is 0.122 e. The zero-order valence-corrected chi connectivity index (χ0v) is 14.2. The first-order chi connectivity index (χ1) is 10.3. The molecule has 0 aliphatic rings. The topological polar surface area (TPSA) is 9.23 Å². The summed E-state index contributed by atoms with van der Waals surface area (Å²) in [6, 6.07) is 8.27. The number of hydrogen-bond donors (Lipinski definition) is 0. The smallest absolute Gasteiger partial charge is 0.122 e. The Morgan fingerprint density at radius 3 is 1.81 bits per heavy atom. The number of hydrogen-bond acceptors (Lipinski definition) is 1. The van der Waals surface area contributed by atoms with Crippen molar-refractivity contribution in [1.29, 1.82) is 0 Å². The summed E-state index contributed by atoms with van der Waals surface area (Å²) >= 11 is 0. The first-order valence-electron chi connectivity index (χ1n) is 9.03. The standard InChI is InChI=1S/C20H34O/c1-3-4-5-6-7-8-9-10-11-12-15-18-21-20-17-14-13-16-19(20)2/h13-14,16-17H,3-12,15,18H2,1-2H3. The van der Waals surface area contributed by atoms with Crippen LogP contribution in [0, 0.1) is 6.92 Å². The third-order valence-electron chi connectivity index (χ3n) is 4.10. The molecule has 0 unspecified atom stereocenters. The van der Waals surface area contributed by atoms with Crippen molar-refractivity contribution in [2.75, 3.05) is 6.61 Å². The van der Waals surface area contributed by atoms with Crippen LogP contribution in [-0.4, -0.2) is 6.61 Å². The van der Waals surface area contributed by atoms with Crippen LogP contribution in [0.4, 0.5) is 0 Å². The first-order valence-corrected chi connectivity index (χ1v) is 9.03. The molecule has 1 aromatic rings. The summed E-state index contributed by atoms with van der Waals surface area (Å²) in [6.07, 6.45) is 15.2. The summed E-state index contributed by atoms with van der Waals surface area (Å²) < 4.78 is 5.82. The molecule has 0 saturated heterocycles. The van der Waals surface area contributed by atoms with E-state index in [1.54, 1.807) is 0 Å². The fourth-order valence-corrected chi connectivity index (χ4v) is 2.67. The fraction of sp³-hybridized carbons (Fsp3) is 0.700. The molecule has 0 bridgehead atoms. The van der Waals surface area contributed by atoms with Gasteiger partial charge in [0, 0.05) is 0 Å². The van der Waals surface area contributed by atoms with E-state index >= 15 is 0 Å². The summed E-state index contributed by atoms with van der Waals surface area (Å²) in [6.45, 7) is 5.25. The van der Waals surface area contributed by atoms with Gasteiger partial charge >= 0.3 is 0 Å². The molecule has 0 fully saturated rings. The van der Waals surface area contributed by atoms with Crippen LogP contribution in [0.1, 0.15) is 83.1 Å². The van der Waals surface area contributed by atoms with Crippen LogP contribution < -0.4 is 4.74 Å². The highest BCUT2D eigenvalue weighted by atomic mass is 16.5. The Morgan fingerprint density at radius 1 is 0.714 bits per heavy atom. The highest BCUT2D eigenvalue weighted by molar-refractivity contribution is 5.31. The van der Waals surface area contributed by atoms with E-state index in [1.807, 2.05) is 6.07 Å². The van der Waals surface area contributed by atoms with Gasteiger partial charge in [0.15, 0.2) is 0 Å². The van der Waals surface area contributed by atoms with Gasteiger partial charge < -0.3 is 4.74 Å². The molecule has 0 radical (unpaired) electrons. The maximum atomic E-state index is 5.82. The molecule has 1 rings (SSSR count). The summed E-state index contributed by atoms with van der Waals surface area (Å²) in [5.41, 5.74) is 1.24. The van der Waals surface area contributed by atoms with Gasteiger partial charge in [-0.05, 0) is 25.0 Å². The average molecular weight is 290 g/mol. The Labute approximate surface area is 132 Å². The second-order valence-corrected chi connectivity index (χ2v) is 6.15. The SMILES string of the molecule is CCCCCCCCCCCCCOc1ccccc1C. The van der Waals surface area contributed by atoms with Gasteiger partial charge in [-0.25, -0.2) is 0 Å². The number of rotatable bonds is 13. The van der Waals surface area contributed by atoms with Crippen molar-refractivity contribution in [3.8, 4) is 5.75 Å². The molecule has 21 heavy (non-hydrogen) atoms. The number of ether oxygens (including phenoxy) is 1. The van der Waals surface area contributed by atoms with Gasteiger partial charge in [0.05, 0.1) is 6.61 Å². The zero-order valence-electron chi connectivity index (χ0n) is 14.2.